The number of amides is 1. The number of anilines is 1. The van der Waals surface area contributed by atoms with Gasteiger partial charge in [0.25, 0.3) is 5.91 Å². The van der Waals surface area contributed by atoms with Gasteiger partial charge < -0.3 is 9.88 Å². The number of pyridine rings is 1. The highest BCUT2D eigenvalue weighted by molar-refractivity contribution is 7.16. The Kier molecular flexibility index (Phi) is 5.94. The summed E-state index contributed by atoms with van der Waals surface area (Å²) in [5.74, 6) is 0.298. The molecule has 0 bridgehead atoms. The number of aromatic nitrogens is 2. The number of fused-ring (bicyclic) bond motifs is 1. The molecule has 4 rings (SSSR count). The number of carbonyl (C=O) groups excluding carboxylic acids is 1. The van der Waals surface area contributed by atoms with Gasteiger partial charge in [-0.05, 0) is 87.4 Å². The number of hydrogen-bond donors (Lipinski definition) is 1. The maximum absolute atomic E-state index is 12.9. The van der Waals surface area contributed by atoms with Crippen molar-refractivity contribution >= 4 is 28.3 Å². The lowest BCUT2D eigenvalue weighted by molar-refractivity contribution is -0.112. The standard InChI is InChI=1S/C25H23N5OS/c1-15-8-9-28-23(10-15)30-16(2)11-18(17(30)3)12-19(13-26)24(31)29-25-21(14-27)20-6-4-5-7-22(20)32-25/h8-12H,4-7H2,1-3H3,(H,29,31)/b19-12+. The van der Waals surface area contributed by atoms with Crippen molar-refractivity contribution in [2.24, 2.45) is 0 Å². The number of rotatable bonds is 4. The van der Waals surface area contributed by atoms with Gasteiger partial charge in [0.15, 0.2) is 0 Å². The van der Waals surface area contributed by atoms with E-state index in [-0.39, 0.29) is 5.57 Å². The van der Waals surface area contributed by atoms with Crippen LogP contribution in [0.15, 0.2) is 30.0 Å². The van der Waals surface area contributed by atoms with Crippen LogP contribution in [0.4, 0.5) is 5.00 Å². The summed E-state index contributed by atoms with van der Waals surface area (Å²) >= 11 is 1.45. The first-order valence-corrected chi connectivity index (χ1v) is 11.3. The molecule has 0 fully saturated rings. The van der Waals surface area contributed by atoms with E-state index in [1.807, 2.05) is 49.6 Å². The van der Waals surface area contributed by atoms with Crippen molar-refractivity contribution in [3.05, 3.63) is 68.5 Å². The van der Waals surface area contributed by atoms with Crippen LogP contribution >= 0.6 is 11.3 Å². The average molecular weight is 442 g/mol. The smallest absolute Gasteiger partial charge is 0.266 e. The van der Waals surface area contributed by atoms with Gasteiger partial charge in [0.05, 0.1) is 5.56 Å². The van der Waals surface area contributed by atoms with Crippen molar-refractivity contribution in [1.29, 1.82) is 10.5 Å². The lowest BCUT2D eigenvalue weighted by atomic mass is 9.96. The number of nitrogens with zero attached hydrogens (tertiary/aromatic N) is 4. The molecule has 0 atom stereocenters. The molecule has 3 heterocycles. The summed E-state index contributed by atoms with van der Waals surface area (Å²) in [6.07, 6.45) is 7.32. The molecule has 32 heavy (non-hydrogen) atoms. The molecule has 3 aromatic rings. The zero-order valence-electron chi connectivity index (χ0n) is 18.3. The number of carbonyl (C=O) groups is 1. The van der Waals surface area contributed by atoms with Gasteiger partial charge in [0, 0.05) is 22.5 Å². The molecule has 1 aliphatic carbocycles. The lowest BCUT2D eigenvalue weighted by Gasteiger charge is -2.09. The first-order valence-electron chi connectivity index (χ1n) is 10.5. The molecule has 0 saturated carbocycles. The van der Waals surface area contributed by atoms with Gasteiger partial charge in [0.2, 0.25) is 0 Å². The minimum atomic E-state index is -0.499. The summed E-state index contributed by atoms with van der Waals surface area (Å²) in [7, 11) is 0. The Morgan fingerprint density at radius 3 is 2.72 bits per heavy atom. The van der Waals surface area contributed by atoms with Gasteiger partial charge in [0.1, 0.15) is 28.5 Å². The van der Waals surface area contributed by atoms with Crippen molar-refractivity contribution in [2.45, 2.75) is 46.5 Å². The second kappa shape index (κ2) is 8.82. The molecule has 1 aliphatic rings. The van der Waals surface area contributed by atoms with Crippen LogP contribution in [0.25, 0.3) is 11.9 Å². The van der Waals surface area contributed by atoms with Crippen LogP contribution < -0.4 is 5.32 Å². The summed E-state index contributed by atoms with van der Waals surface area (Å²) < 4.78 is 2.01. The van der Waals surface area contributed by atoms with Gasteiger partial charge in [-0.2, -0.15) is 10.5 Å². The number of hydrogen-bond acceptors (Lipinski definition) is 5. The van der Waals surface area contributed by atoms with Crippen LogP contribution in [0.3, 0.4) is 0 Å². The molecule has 1 N–H and O–H groups in total. The Bertz CT molecular complexity index is 1330. The van der Waals surface area contributed by atoms with Crippen LogP contribution in [0, 0.1) is 43.4 Å². The second-order valence-corrected chi connectivity index (χ2v) is 9.11. The third kappa shape index (κ3) is 3.95. The van der Waals surface area contributed by atoms with E-state index in [1.165, 1.54) is 16.2 Å². The number of nitriles is 2. The second-order valence-electron chi connectivity index (χ2n) is 8.00. The SMILES string of the molecule is Cc1ccnc(-n2c(C)cc(/C=C(\C#N)C(=O)Nc3sc4c(c3C#N)CCCC4)c2C)c1. The molecule has 0 saturated heterocycles. The van der Waals surface area contributed by atoms with Crippen molar-refractivity contribution in [3.8, 4) is 18.0 Å². The van der Waals surface area contributed by atoms with Crippen LogP contribution in [-0.2, 0) is 17.6 Å². The highest BCUT2D eigenvalue weighted by atomic mass is 32.1. The first kappa shape index (κ1) is 21.5. The Balaban J connectivity index is 1.65. The predicted octanol–water partition coefficient (Wildman–Crippen LogP) is 5.16. The Labute approximate surface area is 191 Å². The van der Waals surface area contributed by atoms with Crippen LogP contribution in [0.5, 0.6) is 0 Å². The molecule has 3 aromatic heterocycles. The average Bonchev–Trinajstić information content (AvgIpc) is 3.27. The van der Waals surface area contributed by atoms with Gasteiger partial charge in [-0.3, -0.25) is 4.79 Å². The molecule has 0 unspecified atom stereocenters. The predicted molar refractivity (Wildman–Crippen MR) is 126 cm³/mol. The topological polar surface area (TPSA) is 94.5 Å². The highest BCUT2D eigenvalue weighted by Gasteiger charge is 2.23. The highest BCUT2D eigenvalue weighted by Crippen LogP contribution is 2.37. The van der Waals surface area contributed by atoms with E-state index in [4.69, 9.17) is 0 Å². The molecular formula is C25H23N5OS. The van der Waals surface area contributed by atoms with E-state index in [1.54, 1.807) is 12.3 Å². The van der Waals surface area contributed by atoms with Crippen molar-refractivity contribution in [2.75, 3.05) is 5.32 Å². The maximum Gasteiger partial charge on any atom is 0.266 e. The monoisotopic (exact) mass is 441 g/mol. The van der Waals surface area contributed by atoms with Gasteiger partial charge in [-0.15, -0.1) is 11.3 Å². The summed E-state index contributed by atoms with van der Waals surface area (Å²) in [5.41, 5.74) is 5.33. The van der Waals surface area contributed by atoms with Gasteiger partial charge in [-0.25, -0.2) is 4.98 Å². The fourth-order valence-electron chi connectivity index (χ4n) is 4.18. The van der Waals surface area contributed by atoms with E-state index >= 15 is 0 Å². The van der Waals surface area contributed by atoms with E-state index in [9.17, 15) is 15.3 Å². The number of nitrogens with one attached hydrogen (secondary N) is 1. The van der Waals surface area contributed by atoms with Crippen LogP contribution in [0.1, 0.15) is 51.4 Å². The van der Waals surface area contributed by atoms with Crippen molar-refractivity contribution in [3.63, 3.8) is 0 Å². The molecule has 0 aliphatic heterocycles. The maximum atomic E-state index is 12.9. The van der Waals surface area contributed by atoms with Crippen molar-refractivity contribution in [1.82, 2.24) is 9.55 Å². The minimum Gasteiger partial charge on any atom is -0.312 e. The van der Waals surface area contributed by atoms with Crippen LogP contribution in [0.2, 0.25) is 0 Å². The largest absolute Gasteiger partial charge is 0.312 e. The molecule has 0 spiro atoms. The van der Waals surface area contributed by atoms with Gasteiger partial charge in [-0.1, -0.05) is 0 Å². The fraction of sp³-hybridized carbons (Fsp3) is 0.280. The van der Waals surface area contributed by atoms with E-state index in [0.29, 0.717) is 10.6 Å². The molecule has 7 heteroatoms. The number of aryl methyl sites for hydroxylation is 3. The zero-order valence-corrected chi connectivity index (χ0v) is 19.1. The number of thiophene rings is 1. The molecule has 0 aromatic carbocycles. The molecule has 160 valence electrons. The summed E-state index contributed by atoms with van der Waals surface area (Å²) in [5, 5.41) is 22.7. The minimum absolute atomic E-state index is 0.00212. The summed E-state index contributed by atoms with van der Waals surface area (Å²) in [6, 6.07) is 10.1. The Hall–Kier alpha value is -3.68. The zero-order chi connectivity index (χ0) is 22.8. The Morgan fingerprint density at radius 2 is 2.00 bits per heavy atom. The molecule has 0 radical (unpaired) electrons. The summed E-state index contributed by atoms with van der Waals surface area (Å²) in [4.78, 5) is 18.5. The summed E-state index contributed by atoms with van der Waals surface area (Å²) in [6.45, 7) is 5.92. The first-order chi connectivity index (χ1) is 15.4. The van der Waals surface area contributed by atoms with Gasteiger partial charge >= 0.3 is 0 Å². The third-order valence-corrected chi connectivity index (χ3v) is 6.98. The molecule has 1 amide bonds. The molecule has 6 nitrogen and oxygen atoms in total. The lowest BCUT2D eigenvalue weighted by Crippen LogP contribution is -2.13. The third-order valence-electron chi connectivity index (χ3n) is 5.78. The molecular weight excluding hydrogens is 418 g/mol. The Morgan fingerprint density at radius 1 is 1.22 bits per heavy atom. The fourth-order valence-corrected chi connectivity index (χ4v) is 5.41. The van der Waals surface area contributed by atoms with Crippen molar-refractivity contribution < 1.29 is 4.79 Å². The van der Waals surface area contributed by atoms with E-state index < -0.39 is 5.91 Å². The quantitative estimate of drug-likeness (QED) is 0.447. The van der Waals surface area contributed by atoms with E-state index in [0.717, 1.165) is 59.6 Å². The van der Waals surface area contributed by atoms with E-state index in [2.05, 4.69) is 16.4 Å². The van der Waals surface area contributed by atoms with Crippen LogP contribution in [-0.4, -0.2) is 15.5 Å². The normalized spacial score (nSPS) is 13.2.